The van der Waals surface area contributed by atoms with Crippen LogP contribution < -0.4 is 16.4 Å². The van der Waals surface area contributed by atoms with E-state index in [-0.39, 0.29) is 24.7 Å². The van der Waals surface area contributed by atoms with E-state index in [1.54, 1.807) is 0 Å². The van der Waals surface area contributed by atoms with Gasteiger partial charge in [0.15, 0.2) is 5.82 Å². The number of carbonyl (C=O) groups is 1. The third kappa shape index (κ3) is 4.81. The summed E-state index contributed by atoms with van der Waals surface area (Å²) in [6, 6.07) is -0.213. The van der Waals surface area contributed by atoms with Gasteiger partial charge in [-0.05, 0) is 46.0 Å². The lowest BCUT2D eigenvalue weighted by Gasteiger charge is -2.35. The van der Waals surface area contributed by atoms with Crippen LogP contribution in [0.3, 0.4) is 0 Å². The van der Waals surface area contributed by atoms with Crippen molar-refractivity contribution in [2.45, 2.75) is 64.2 Å². The fourth-order valence-corrected chi connectivity index (χ4v) is 3.71. The summed E-state index contributed by atoms with van der Waals surface area (Å²) >= 11 is 0. The molecule has 2 heterocycles. The standard InChI is InChI=1S/C19H30FN5O3/c1-3-28-17(26)19(2)7-4-12(5-8-19)23-16-14(21)10-22-18(25-16)24-15-6-9-27-11-13(15)20/h10,12-13,15H,3-9,11,21H2,1-2H3,(H2,22,23,24,25)/t12-,13-,15+,19-/m1/s1. The summed E-state index contributed by atoms with van der Waals surface area (Å²) in [7, 11) is 0. The maximum absolute atomic E-state index is 14.0. The molecule has 1 saturated heterocycles. The Hall–Kier alpha value is -2.16. The van der Waals surface area contributed by atoms with Crippen LogP contribution in [0.4, 0.5) is 21.8 Å². The molecule has 9 heteroatoms. The fraction of sp³-hybridized carbons (Fsp3) is 0.737. The number of alkyl halides is 1. The van der Waals surface area contributed by atoms with Crippen molar-refractivity contribution in [2.75, 3.05) is 36.2 Å². The number of nitrogen functional groups attached to an aromatic ring is 1. The Balaban J connectivity index is 1.59. The molecular weight excluding hydrogens is 365 g/mol. The van der Waals surface area contributed by atoms with Crippen molar-refractivity contribution in [1.29, 1.82) is 0 Å². The zero-order chi connectivity index (χ0) is 20.1. The predicted molar refractivity (Wildman–Crippen MR) is 105 cm³/mol. The molecule has 0 aromatic carbocycles. The minimum absolute atomic E-state index is 0.0824. The summed E-state index contributed by atoms with van der Waals surface area (Å²) < 4.78 is 24.3. The first-order valence-corrected chi connectivity index (χ1v) is 9.96. The molecule has 0 amide bonds. The van der Waals surface area contributed by atoms with Crippen molar-refractivity contribution in [2.24, 2.45) is 5.41 Å². The lowest BCUT2D eigenvalue weighted by atomic mass is 9.74. The van der Waals surface area contributed by atoms with Gasteiger partial charge in [-0.1, -0.05) is 0 Å². The van der Waals surface area contributed by atoms with Gasteiger partial charge in [0.05, 0.1) is 36.6 Å². The molecule has 156 valence electrons. The Kier molecular flexibility index (Phi) is 6.53. The highest BCUT2D eigenvalue weighted by molar-refractivity contribution is 5.76. The summed E-state index contributed by atoms with van der Waals surface area (Å²) in [6.45, 7) is 4.78. The Labute approximate surface area is 164 Å². The maximum atomic E-state index is 14.0. The average Bonchev–Trinajstić information content (AvgIpc) is 2.68. The molecule has 0 bridgehead atoms. The van der Waals surface area contributed by atoms with Crippen LogP contribution in [-0.2, 0) is 14.3 Å². The first kappa shape index (κ1) is 20.6. The number of hydrogen-bond donors (Lipinski definition) is 3. The molecule has 0 radical (unpaired) electrons. The second-order valence-corrected chi connectivity index (χ2v) is 7.83. The smallest absolute Gasteiger partial charge is 0.311 e. The number of aromatic nitrogens is 2. The molecule has 1 aliphatic carbocycles. The topological polar surface area (TPSA) is 111 Å². The van der Waals surface area contributed by atoms with Gasteiger partial charge < -0.3 is 25.8 Å². The average molecular weight is 395 g/mol. The third-order valence-corrected chi connectivity index (χ3v) is 5.62. The molecule has 1 aliphatic heterocycles. The molecule has 0 spiro atoms. The summed E-state index contributed by atoms with van der Waals surface area (Å²) in [5.41, 5.74) is 6.03. The van der Waals surface area contributed by atoms with Crippen LogP contribution in [0.15, 0.2) is 6.20 Å². The number of ether oxygens (including phenoxy) is 2. The zero-order valence-electron chi connectivity index (χ0n) is 16.5. The van der Waals surface area contributed by atoms with Crippen LogP contribution in [0, 0.1) is 5.41 Å². The molecule has 1 saturated carbocycles. The van der Waals surface area contributed by atoms with Gasteiger partial charge in [0, 0.05) is 12.6 Å². The van der Waals surface area contributed by atoms with Crippen LogP contribution in [0.2, 0.25) is 0 Å². The molecule has 3 rings (SSSR count). The lowest BCUT2D eigenvalue weighted by Crippen LogP contribution is -2.40. The van der Waals surface area contributed by atoms with E-state index < -0.39 is 11.6 Å². The van der Waals surface area contributed by atoms with Crippen LogP contribution in [0.1, 0.15) is 46.0 Å². The van der Waals surface area contributed by atoms with Crippen LogP contribution >= 0.6 is 0 Å². The number of hydrogen-bond acceptors (Lipinski definition) is 8. The number of nitrogens with one attached hydrogen (secondary N) is 2. The van der Waals surface area contributed by atoms with Gasteiger partial charge in [-0.2, -0.15) is 4.98 Å². The van der Waals surface area contributed by atoms with Crippen molar-refractivity contribution in [3.8, 4) is 0 Å². The highest BCUT2D eigenvalue weighted by atomic mass is 19.1. The van der Waals surface area contributed by atoms with Crippen molar-refractivity contribution >= 4 is 23.4 Å². The molecule has 1 aromatic heterocycles. The Morgan fingerprint density at radius 3 is 2.82 bits per heavy atom. The fourth-order valence-electron chi connectivity index (χ4n) is 3.71. The van der Waals surface area contributed by atoms with Gasteiger partial charge in [-0.3, -0.25) is 4.79 Å². The normalized spacial score (nSPS) is 30.5. The molecule has 2 aliphatic rings. The zero-order valence-corrected chi connectivity index (χ0v) is 16.5. The molecule has 8 nitrogen and oxygen atoms in total. The Morgan fingerprint density at radius 1 is 1.39 bits per heavy atom. The lowest BCUT2D eigenvalue weighted by molar-refractivity contribution is -0.156. The molecule has 4 N–H and O–H groups in total. The molecule has 2 atom stereocenters. The maximum Gasteiger partial charge on any atom is 0.311 e. The number of nitrogens with two attached hydrogens (primary N) is 1. The highest BCUT2D eigenvalue weighted by Crippen LogP contribution is 2.38. The van der Waals surface area contributed by atoms with Gasteiger partial charge in [0.1, 0.15) is 6.17 Å². The minimum Gasteiger partial charge on any atom is -0.466 e. The minimum atomic E-state index is -1.09. The molecule has 1 aromatic rings. The number of esters is 1. The largest absolute Gasteiger partial charge is 0.466 e. The predicted octanol–water partition coefficient (Wildman–Crippen LogP) is 2.52. The van der Waals surface area contributed by atoms with Crippen molar-refractivity contribution < 1.29 is 18.7 Å². The number of nitrogens with zero attached hydrogens (tertiary/aromatic N) is 2. The van der Waals surface area contributed by atoms with Crippen LogP contribution in [0.5, 0.6) is 0 Å². The third-order valence-electron chi connectivity index (χ3n) is 5.62. The summed E-state index contributed by atoms with van der Waals surface area (Å²) in [5.74, 6) is 0.752. The van der Waals surface area contributed by atoms with Crippen molar-refractivity contribution in [1.82, 2.24) is 9.97 Å². The van der Waals surface area contributed by atoms with Gasteiger partial charge in [0.2, 0.25) is 5.95 Å². The van der Waals surface area contributed by atoms with E-state index in [0.29, 0.717) is 37.1 Å². The first-order chi connectivity index (χ1) is 13.4. The van der Waals surface area contributed by atoms with E-state index >= 15 is 0 Å². The van der Waals surface area contributed by atoms with Gasteiger partial charge in [0.25, 0.3) is 0 Å². The SMILES string of the molecule is CCOC(=O)[C@]1(C)CC[C@@H](Nc2nc(N[C@H]3CCOC[C@H]3F)ncc2N)CC1. The summed E-state index contributed by atoms with van der Waals surface area (Å²) in [6.07, 6.45) is 4.10. The number of anilines is 3. The summed E-state index contributed by atoms with van der Waals surface area (Å²) in [5, 5.41) is 6.40. The van der Waals surface area contributed by atoms with Crippen molar-refractivity contribution in [3.05, 3.63) is 6.20 Å². The highest BCUT2D eigenvalue weighted by Gasteiger charge is 2.39. The molecule has 0 unspecified atom stereocenters. The molecule has 2 fully saturated rings. The Bertz CT molecular complexity index is 682. The van der Waals surface area contributed by atoms with E-state index in [9.17, 15) is 9.18 Å². The summed E-state index contributed by atoms with van der Waals surface area (Å²) in [4.78, 5) is 20.8. The monoisotopic (exact) mass is 395 g/mol. The second-order valence-electron chi connectivity index (χ2n) is 7.83. The molecule has 28 heavy (non-hydrogen) atoms. The van der Waals surface area contributed by atoms with Crippen LogP contribution in [0.25, 0.3) is 0 Å². The number of carbonyl (C=O) groups excluding carboxylic acids is 1. The van der Waals surface area contributed by atoms with Gasteiger partial charge in [-0.25, -0.2) is 9.37 Å². The van der Waals surface area contributed by atoms with E-state index in [1.165, 1.54) is 6.20 Å². The van der Waals surface area contributed by atoms with Crippen molar-refractivity contribution in [3.63, 3.8) is 0 Å². The van der Waals surface area contributed by atoms with E-state index in [1.807, 2.05) is 13.8 Å². The van der Waals surface area contributed by atoms with E-state index in [4.69, 9.17) is 15.2 Å². The second kappa shape index (κ2) is 8.89. The van der Waals surface area contributed by atoms with Gasteiger partial charge in [-0.15, -0.1) is 0 Å². The van der Waals surface area contributed by atoms with E-state index in [2.05, 4.69) is 20.6 Å². The molecular formula is C19H30FN5O3. The number of rotatable bonds is 6. The van der Waals surface area contributed by atoms with Gasteiger partial charge >= 0.3 is 5.97 Å². The number of halogens is 1. The van der Waals surface area contributed by atoms with E-state index in [0.717, 1.165) is 25.7 Å². The Morgan fingerprint density at radius 2 is 2.14 bits per heavy atom. The quantitative estimate of drug-likeness (QED) is 0.630. The first-order valence-electron chi connectivity index (χ1n) is 9.96. The van der Waals surface area contributed by atoms with Crippen LogP contribution in [-0.4, -0.2) is 54.0 Å².